The van der Waals surface area contributed by atoms with Crippen molar-refractivity contribution in [3.05, 3.63) is 60.2 Å². The van der Waals surface area contributed by atoms with Crippen LogP contribution in [0.25, 0.3) is 11.3 Å². The van der Waals surface area contributed by atoms with E-state index < -0.39 is 36.2 Å². The van der Waals surface area contributed by atoms with Gasteiger partial charge in [0.25, 0.3) is 5.91 Å². The zero-order chi connectivity index (χ0) is 38.2. The molecule has 3 N–H and O–H groups in total. The highest BCUT2D eigenvalue weighted by Gasteiger charge is 2.34. The van der Waals surface area contributed by atoms with Crippen molar-refractivity contribution in [2.45, 2.75) is 57.8 Å². The molecule has 0 spiro atoms. The maximum absolute atomic E-state index is 15.2. The average Bonchev–Trinajstić information content (AvgIpc) is 3.59. The van der Waals surface area contributed by atoms with Crippen molar-refractivity contribution in [2.24, 2.45) is 5.73 Å². The molecule has 1 fully saturated rings. The molecular formula is C35H44F4N6O8. The Morgan fingerprint density at radius 1 is 1.02 bits per heavy atom. The van der Waals surface area contributed by atoms with Crippen LogP contribution in [-0.2, 0) is 36.8 Å². The molecule has 3 heterocycles. The van der Waals surface area contributed by atoms with Gasteiger partial charge in [0.15, 0.2) is 6.17 Å². The van der Waals surface area contributed by atoms with E-state index in [0.29, 0.717) is 62.9 Å². The molecule has 2 atom stereocenters. The van der Waals surface area contributed by atoms with Gasteiger partial charge in [0.05, 0.1) is 51.4 Å². The standard InChI is InChI=1S/C35H44F4N6O8/c1-2-49-13-14-50-15-16-51-22-31(46)41-10-3-4-11-44-21-29(43-23-44)25-18-27(33(40)48)34(42-19-25)52-30-9-12-45(20-28(30)36)32(47)17-24-5-7-26(8-6-24)53-35(37,38)39/h5-8,18-19,21,23,28,30H,2-4,9-17,20,22H2,1H3,(H2,40,48)(H,41,46)/t28-,30-/m1/s1. The second-order valence-corrected chi connectivity index (χ2v) is 12.0. The number of aromatic nitrogens is 3. The summed E-state index contributed by atoms with van der Waals surface area (Å²) in [5, 5.41) is 2.81. The highest BCUT2D eigenvalue weighted by molar-refractivity contribution is 5.96. The van der Waals surface area contributed by atoms with Gasteiger partial charge in [-0.2, -0.15) is 0 Å². The molecule has 0 bridgehead atoms. The quantitative estimate of drug-likeness (QED) is 0.121. The van der Waals surface area contributed by atoms with E-state index in [1.54, 1.807) is 12.5 Å². The minimum absolute atomic E-state index is 0.0461. The number of ether oxygens (including phenoxy) is 5. The summed E-state index contributed by atoms with van der Waals surface area (Å²) in [7, 11) is 0. The van der Waals surface area contributed by atoms with Gasteiger partial charge in [-0.3, -0.25) is 14.4 Å². The van der Waals surface area contributed by atoms with Gasteiger partial charge in [-0.15, -0.1) is 13.2 Å². The van der Waals surface area contributed by atoms with E-state index in [1.165, 1.54) is 29.3 Å². The number of halogens is 4. The number of amides is 3. The van der Waals surface area contributed by atoms with Gasteiger partial charge in [-0.05, 0) is 43.5 Å². The Hall–Kier alpha value is -4.81. The maximum atomic E-state index is 15.2. The fourth-order valence-corrected chi connectivity index (χ4v) is 5.32. The molecule has 1 aromatic carbocycles. The molecule has 0 radical (unpaired) electrons. The van der Waals surface area contributed by atoms with Gasteiger partial charge in [0.2, 0.25) is 17.7 Å². The lowest BCUT2D eigenvalue weighted by Crippen LogP contribution is -2.49. The number of carbonyl (C=O) groups is 3. The number of hydrogen-bond acceptors (Lipinski definition) is 10. The Bertz CT molecular complexity index is 1620. The number of piperidine rings is 1. The van der Waals surface area contributed by atoms with Crippen molar-refractivity contribution >= 4 is 17.7 Å². The number of likely N-dealkylation sites (tertiary alicyclic amines) is 1. The molecule has 3 amide bonds. The Morgan fingerprint density at radius 3 is 2.45 bits per heavy atom. The minimum Gasteiger partial charge on any atom is -0.471 e. The molecule has 1 saturated heterocycles. The van der Waals surface area contributed by atoms with E-state index in [0.717, 1.165) is 25.0 Å². The molecule has 18 heteroatoms. The summed E-state index contributed by atoms with van der Waals surface area (Å²) in [6.45, 7) is 5.17. The average molecular weight is 753 g/mol. The van der Waals surface area contributed by atoms with Crippen molar-refractivity contribution in [1.82, 2.24) is 24.8 Å². The monoisotopic (exact) mass is 752 g/mol. The number of unbranched alkanes of at least 4 members (excludes halogenated alkanes) is 1. The van der Waals surface area contributed by atoms with E-state index in [4.69, 9.17) is 24.7 Å². The molecule has 3 aromatic rings. The Balaban J connectivity index is 1.19. The number of nitrogens with zero attached hydrogens (tertiary/aromatic N) is 4. The van der Waals surface area contributed by atoms with Gasteiger partial charge in [-0.25, -0.2) is 14.4 Å². The SMILES string of the molecule is CCOCCOCCOCC(=O)NCCCCn1cnc(-c2cnc(O[C@@H]3CCN(C(=O)Cc4ccc(OC(F)(F)F)cc4)C[C@H]3F)c(C(N)=O)c2)c1. The molecule has 0 saturated carbocycles. The zero-order valence-electron chi connectivity index (χ0n) is 29.3. The summed E-state index contributed by atoms with van der Waals surface area (Å²) in [6.07, 6.45) is -1.18. The van der Waals surface area contributed by atoms with Crippen LogP contribution in [0.3, 0.4) is 0 Å². The summed E-state index contributed by atoms with van der Waals surface area (Å²) in [5.74, 6) is -2.01. The number of imidazole rings is 1. The number of rotatable bonds is 21. The van der Waals surface area contributed by atoms with Crippen LogP contribution in [0.1, 0.15) is 42.1 Å². The molecule has 2 aromatic heterocycles. The lowest BCUT2D eigenvalue weighted by Gasteiger charge is -2.34. The number of benzene rings is 1. The van der Waals surface area contributed by atoms with Gasteiger partial charge in [0.1, 0.15) is 24.0 Å². The van der Waals surface area contributed by atoms with E-state index in [-0.39, 0.29) is 49.9 Å². The van der Waals surface area contributed by atoms with Gasteiger partial charge < -0.3 is 44.2 Å². The molecule has 0 aliphatic carbocycles. The maximum Gasteiger partial charge on any atom is 0.573 e. The molecule has 290 valence electrons. The van der Waals surface area contributed by atoms with E-state index >= 15 is 4.39 Å². The first kappa shape index (κ1) is 41.0. The fourth-order valence-electron chi connectivity index (χ4n) is 5.32. The van der Waals surface area contributed by atoms with Crippen LogP contribution in [0.15, 0.2) is 49.1 Å². The lowest BCUT2D eigenvalue weighted by atomic mass is 10.0. The Kier molecular flexibility index (Phi) is 15.8. The van der Waals surface area contributed by atoms with Crippen LogP contribution in [0.2, 0.25) is 0 Å². The fraction of sp³-hybridized carbons (Fsp3) is 0.514. The third-order valence-electron chi connectivity index (χ3n) is 8.00. The number of pyridine rings is 1. The number of hydrogen-bond donors (Lipinski definition) is 2. The highest BCUT2D eigenvalue weighted by atomic mass is 19.4. The van der Waals surface area contributed by atoms with Crippen LogP contribution in [0.5, 0.6) is 11.6 Å². The predicted octanol–water partition coefficient (Wildman–Crippen LogP) is 3.47. The molecule has 1 aliphatic heterocycles. The van der Waals surface area contributed by atoms with Crippen LogP contribution in [-0.4, -0.2) is 115 Å². The van der Waals surface area contributed by atoms with Crippen molar-refractivity contribution in [1.29, 1.82) is 0 Å². The Labute approximate surface area is 303 Å². The topological polar surface area (TPSA) is 169 Å². The van der Waals surface area contributed by atoms with E-state index in [9.17, 15) is 27.6 Å². The number of nitrogens with two attached hydrogens (primary N) is 1. The molecular weight excluding hydrogens is 708 g/mol. The van der Waals surface area contributed by atoms with Crippen LogP contribution >= 0.6 is 0 Å². The second-order valence-electron chi connectivity index (χ2n) is 12.0. The largest absolute Gasteiger partial charge is 0.573 e. The molecule has 1 aliphatic rings. The molecule has 0 unspecified atom stereocenters. The van der Waals surface area contributed by atoms with Crippen molar-refractivity contribution in [3.63, 3.8) is 0 Å². The normalized spacial score (nSPS) is 16.0. The number of alkyl halides is 4. The van der Waals surface area contributed by atoms with Gasteiger partial charge in [0, 0.05) is 50.6 Å². The first-order valence-electron chi connectivity index (χ1n) is 17.2. The van der Waals surface area contributed by atoms with Crippen molar-refractivity contribution in [2.75, 3.05) is 59.3 Å². The molecule has 4 rings (SSSR count). The first-order chi connectivity index (χ1) is 25.4. The third kappa shape index (κ3) is 13.9. The van der Waals surface area contributed by atoms with Crippen LogP contribution in [0, 0.1) is 0 Å². The number of nitrogens with one attached hydrogen (secondary N) is 1. The van der Waals surface area contributed by atoms with Crippen molar-refractivity contribution in [3.8, 4) is 22.9 Å². The summed E-state index contributed by atoms with van der Waals surface area (Å²) < 4.78 is 79.7. The molecule has 14 nitrogen and oxygen atoms in total. The number of aryl methyl sites for hydroxylation is 1. The van der Waals surface area contributed by atoms with Crippen LogP contribution in [0.4, 0.5) is 17.6 Å². The zero-order valence-corrected chi connectivity index (χ0v) is 29.3. The van der Waals surface area contributed by atoms with Gasteiger partial charge >= 0.3 is 6.36 Å². The smallest absolute Gasteiger partial charge is 0.471 e. The Morgan fingerprint density at radius 2 is 1.75 bits per heavy atom. The molecule has 53 heavy (non-hydrogen) atoms. The van der Waals surface area contributed by atoms with Gasteiger partial charge in [-0.1, -0.05) is 12.1 Å². The number of carbonyl (C=O) groups excluding carboxylic acids is 3. The van der Waals surface area contributed by atoms with Crippen LogP contribution < -0.4 is 20.5 Å². The van der Waals surface area contributed by atoms with Crippen molar-refractivity contribution < 1.29 is 55.6 Å². The predicted molar refractivity (Wildman–Crippen MR) is 182 cm³/mol. The third-order valence-corrected chi connectivity index (χ3v) is 8.00. The highest BCUT2D eigenvalue weighted by Crippen LogP contribution is 2.28. The van der Waals surface area contributed by atoms with E-state index in [1.807, 2.05) is 11.5 Å². The summed E-state index contributed by atoms with van der Waals surface area (Å²) in [5.41, 5.74) is 7.01. The summed E-state index contributed by atoms with van der Waals surface area (Å²) in [6, 6.07) is 6.34. The number of primary amides is 1. The second kappa shape index (κ2) is 20.4. The minimum atomic E-state index is -4.83. The lowest BCUT2D eigenvalue weighted by molar-refractivity contribution is -0.274. The van der Waals surface area contributed by atoms with E-state index in [2.05, 4.69) is 20.0 Å². The summed E-state index contributed by atoms with van der Waals surface area (Å²) >= 11 is 0. The first-order valence-corrected chi connectivity index (χ1v) is 17.2. The summed E-state index contributed by atoms with van der Waals surface area (Å²) in [4.78, 5) is 47.0.